The van der Waals surface area contributed by atoms with Gasteiger partial charge in [-0.15, -0.1) is 10.2 Å². The number of thioether (sulfide) groups is 1. The Hall–Kier alpha value is -1.85. The lowest BCUT2D eigenvalue weighted by Crippen LogP contribution is -2.37. The number of benzene rings is 1. The van der Waals surface area contributed by atoms with Gasteiger partial charge in [0.25, 0.3) is 0 Å². The van der Waals surface area contributed by atoms with Crippen molar-refractivity contribution in [3.8, 4) is 5.75 Å². The Balaban J connectivity index is 2.08. The summed E-state index contributed by atoms with van der Waals surface area (Å²) in [6.45, 7) is 3.84. The molecule has 8 nitrogen and oxygen atoms in total. The molecule has 0 saturated carbocycles. The summed E-state index contributed by atoms with van der Waals surface area (Å²) in [6.07, 6.45) is 1.05. The zero-order valence-electron chi connectivity index (χ0n) is 15.5. The summed E-state index contributed by atoms with van der Waals surface area (Å²) in [5.41, 5.74) is 0.345. The number of hydrogen-bond donors (Lipinski definition) is 1. The van der Waals surface area contributed by atoms with Crippen molar-refractivity contribution in [2.24, 2.45) is 5.92 Å². The van der Waals surface area contributed by atoms with Crippen LogP contribution in [0.3, 0.4) is 0 Å². The van der Waals surface area contributed by atoms with Gasteiger partial charge in [-0.1, -0.05) is 43.0 Å². The predicted octanol–water partition coefficient (Wildman–Crippen LogP) is 2.70. The van der Waals surface area contributed by atoms with Crippen molar-refractivity contribution in [3.05, 3.63) is 24.3 Å². The maximum atomic E-state index is 12.4. The molecule has 1 aromatic heterocycles. The summed E-state index contributed by atoms with van der Waals surface area (Å²) in [5, 5.41) is 10.9. The summed E-state index contributed by atoms with van der Waals surface area (Å²) in [6, 6.07) is 6.51. The van der Waals surface area contributed by atoms with Crippen molar-refractivity contribution in [1.82, 2.24) is 10.2 Å². The number of aromatic nitrogens is 2. The van der Waals surface area contributed by atoms with E-state index >= 15 is 0 Å². The third-order valence-corrected chi connectivity index (χ3v) is 6.76. The lowest BCUT2D eigenvalue weighted by atomic mass is 10.3. The number of methoxy groups -OCH3 is 1. The highest BCUT2D eigenvalue weighted by Gasteiger charge is 2.22. The third kappa shape index (κ3) is 6.67. The van der Waals surface area contributed by atoms with Crippen LogP contribution in [0.15, 0.2) is 28.6 Å². The Morgan fingerprint density at radius 2 is 2.11 bits per heavy atom. The van der Waals surface area contributed by atoms with E-state index < -0.39 is 15.9 Å². The largest absolute Gasteiger partial charge is 0.497 e. The Kier molecular flexibility index (Phi) is 7.45. The topological polar surface area (TPSA) is 101 Å². The first kappa shape index (κ1) is 21.5. The number of nitrogens with one attached hydrogen (secondary N) is 1. The molecule has 1 N–H and O–H groups in total. The van der Waals surface area contributed by atoms with E-state index in [9.17, 15) is 13.2 Å². The first-order chi connectivity index (χ1) is 12.7. The molecular weight excluding hydrogens is 408 g/mol. The van der Waals surface area contributed by atoms with Crippen LogP contribution in [0.5, 0.6) is 5.75 Å². The van der Waals surface area contributed by atoms with Crippen LogP contribution in [-0.4, -0.2) is 50.2 Å². The van der Waals surface area contributed by atoms with Crippen LogP contribution in [0, 0.1) is 5.92 Å². The third-order valence-electron chi connectivity index (χ3n) is 3.22. The average Bonchev–Trinajstić information content (AvgIpc) is 3.04. The van der Waals surface area contributed by atoms with Crippen molar-refractivity contribution < 1.29 is 17.9 Å². The van der Waals surface area contributed by atoms with Crippen molar-refractivity contribution >= 4 is 49.8 Å². The van der Waals surface area contributed by atoms with Gasteiger partial charge in [0.1, 0.15) is 12.3 Å². The van der Waals surface area contributed by atoms with E-state index in [4.69, 9.17) is 4.74 Å². The molecule has 0 bridgehead atoms. The number of rotatable bonds is 9. The quantitative estimate of drug-likeness (QED) is 0.482. The minimum atomic E-state index is -3.66. The highest BCUT2D eigenvalue weighted by atomic mass is 32.2. The second-order valence-corrected chi connectivity index (χ2v) is 10.2. The predicted molar refractivity (Wildman–Crippen MR) is 109 cm³/mol. The molecule has 148 valence electrons. The van der Waals surface area contributed by atoms with E-state index in [1.165, 1.54) is 18.4 Å². The van der Waals surface area contributed by atoms with Gasteiger partial charge in [-0.05, 0) is 18.1 Å². The summed E-state index contributed by atoms with van der Waals surface area (Å²) in [7, 11) is -2.18. The smallest absolute Gasteiger partial charge is 0.246 e. The maximum Gasteiger partial charge on any atom is 0.246 e. The number of nitrogens with zero attached hydrogens (tertiary/aromatic N) is 3. The zero-order chi connectivity index (χ0) is 20.0. The number of hydrogen-bond acceptors (Lipinski definition) is 8. The molecular formula is C16H22N4O4S3. The Bertz CT molecular complexity index is 883. The number of carbonyl (C=O) groups excluding carboxylic acids is 1. The lowest BCUT2D eigenvalue weighted by molar-refractivity contribution is -0.114. The molecule has 27 heavy (non-hydrogen) atoms. The number of amides is 1. The normalized spacial score (nSPS) is 11.4. The molecule has 2 rings (SSSR count). The molecule has 1 amide bonds. The molecule has 2 aromatic rings. The average molecular weight is 431 g/mol. The summed E-state index contributed by atoms with van der Waals surface area (Å²) in [5.74, 6) is 1.42. The van der Waals surface area contributed by atoms with Crippen molar-refractivity contribution in [2.75, 3.05) is 35.3 Å². The first-order valence-corrected chi connectivity index (χ1v) is 11.7. The van der Waals surface area contributed by atoms with Gasteiger partial charge in [0.15, 0.2) is 4.34 Å². The molecule has 0 aliphatic rings. The summed E-state index contributed by atoms with van der Waals surface area (Å²) >= 11 is 2.83. The SMILES string of the molecule is COc1cccc(N(CC(=O)Nc2nnc(SCC(C)C)s2)S(C)(=O)=O)c1. The Morgan fingerprint density at radius 1 is 1.37 bits per heavy atom. The molecule has 0 saturated heterocycles. The van der Waals surface area contributed by atoms with E-state index in [2.05, 4.69) is 29.4 Å². The van der Waals surface area contributed by atoms with E-state index in [1.54, 1.807) is 36.0 Å². The van der Waals surface area contributed by atoms with E-state index in [0.717, 1.165) is 20.7 Å². The lowest BCUT2D eigenvalue weighted by Gasteiger charge is -2.21. The fourth-order valence-corrected chi connectivity index (χ4v) is 4.60. The number of sulfonamides is 1. The zero-order valence-corrected chi connectivity index (χ0v) is 17.9. The molecule has 0 unspecified atom stereocenters. The molecule has 0 radical (unpaired) electrons. The number of ether oxygens (including phenoxy) is 1. The van der Waals surface area contributed by atoms with Crippen molar-refractivity contribution in [1.29, 1.82) is 0 Å². The van der Waals surface area contributed by atoms with Gasteiger partial charge in [-0.3, -0.25) is 14.4 Å². The molecule has 0 atom stereocenters. The number of carbonyl (C=O) groups is 1. The second kappa shape index (κ2) is 9.38. The summed E-state index contributed by atoms with van der Waals surface area (Å²) in [4.78, 5) is 12.4. The molecule has 1 aromatic carbocycles. The fraction of sp³-hybridized carbons (Fsp3) is 0.438. The highest BCUT2D eigenvalue weighted by Crippen LogP contribution is 2.27. The van der Waals surface area contributed by atoms with Gasteiger partial charge in [0, 0.05) is 11.8 Å². The highest BCUT2D eigenvalue weighted by molar-refractivity contribution is 8.01. The van der Waals surface area contributed by atoms with Gasteiger partial charge < -0.3 is 4.74 Å². The van der Waals surface area contributed by atoms with Gasteiger partial charge in [0.05, 0.1) is 19.1 Å². The molecule has 0 aliphatic carbocycles. The van der Waals surface area contributed by atoms with Crippen LogP contribution in [0.1, 0.15) is 13.8 Å². The Morgan fingerprint density at radius 3 is 2.74 bits per heavy atom. The van der Waals surface area contributed by atoms with Crippen LogP contribution < -0.4 is 14.4 Å². The number of anilines is 2. The van der Waals surface area contributed by atoms with Gasteiger partial charge in [-0.25, -0.2) is 8.42 Å². The van der Waals surface area contributed by atoms with Gasteiger partial charge in [-0.2, -0.15) is 0 Å². The standard InChI is InChI=1S/C16H22N4O4S3/c1-11(2)10-25-16-19-18-15(26-16)17-14(21)9-20(27(4,22)23)12-6-5-7-13(8-12)24-3/h5-8,11H,9-10H2,1-4H3,(H,17,18,21). The first-order valence-electron chi connectivity index (χ1n) is 8.07. The van der Waals surface area contributed by atoms with E-state index in [-0.39, 0.29) is 6.54 Å². The van der Waals surface area contributed by atoms with Crippen LogP contribution in [-0.2, 0) is 14.8 Å². The van der Waals surface area contributed by atoms with Crippen LogP contribution >= 0.6 is 23.1 Å². The van der Waals surface area contributed by atoms with E-state index in [1.807, 2.05) is 0 Å². The molecule has 1 heterocycles. The van der Waals surface area contributed by atoms with Crippen LogP contribution in [0.25, 0.3) is 0 Å². The minimum Gasteiger partial charge on any atom is -0.497 e. The van der Waals surface area contributed by atoms with Crippen molar-refractivity contribution in [2.45, 2.75) is 18.2 Å². The van der Waals surface area contributed by atoms with Gasteiger partial charge >= 0.3 is 0 Å². The summed E-state index contributed by atoms with van der Waals surface area (Å²) < 4.78 is 31.2. The molecule has 0 aliphatic heterocycles. The fourth-order valence-electron chi connectivity index (χ4n) is 2.01. The van der Waals surface area contributed by atoms with Crippen molar-refractivity contribution in [3.63, 3.8) is 0 Å². The molecule has 0 fully saturated rings. The van der Waals surface area contributed by atoms with Gasteiger partial charge in [0.2, 0.25) is 21.1 Å². The van der Waals surface area contributed by atoms with Crippen LogP contribution in [0.2, 0.25) is 0 Å². The Labute approximate surface area is 167 Å². The monoisotopic (exact) mass is 430 g/mol. The second-order valence-electron chi connectivity index (χ2n) is 6.10. The minimum absolute atomic E-state index is 0.338. The molecule has 11 heteroatoms. The van der Waals surface area contributed by atoms with E-state index in [0.29, 0.717) is 22.5 Å². The maximum absolute atomic E-state index is 12.4. The molecule has 0 spiro atoms. The van der Waals surface area contributed by atoms with Crippen LogP contribution in [0.4, 0.5) is 10.8 Å².